The van der Waals surface area contributed by atoms with Gasteiger partial charge in [-0.2, -0.15) is 0 Å². The number of benzene rings is 1. The lowest BCUT2D eigenvalue weighted by Crippen LogP contribution is -2.42. The molecule has 0 saturated heterocycles. The smallest absolute Gasteiger partial charge is 0.233 e. The van der Waals surface area contributed by atoms with Crippen LogP contribution in [0.5, 0.6) is 11.5 Å². The fourth-order valence-corrected chi connectivity index (χ4v) is 3.01. The third-order valence-corrected chi connectivity index (χ3v) is 4.57. The molecule has 0 spiro atoms. The minimum Gasteiger partial charge on any atom is -0.486 e. The van der Waals surface area contributed by atoms with Crippen molar-refractivity contribution in [2.45, 2.75) is 23.3 Å². The molecule has 2 atom stereocenters. The van der Waals surface area contributed by atoms with Crippen LogP contribution in [-0.2, 0) is 4.79 Å². The fraction of sp³-hybridized carbons (Fsp3) is 0.312. The molecule has 8 heteroatoms. The van der Waals surface area contributed by atoms with Gasteiger partial charge in [-0.25, -0.2) is 0 Å². The first-order chi connectivity index (χ1) is 11.6. The van der Waals surface area contributed by atoms with Gasteiger partial charge < -0.3 is 14.8 Å². The minimum absolute atomic E-state index is 0.0980. The summed E-state index contributed by atoms with van der Waals surface area (Å²) < 4.78 is 11.4. The van der Waals surface area contributed by atoms with E-state index in [1.807, 2.05) is 31.2 Å². The number of para-hydroxylation sites is 2. The van der Waals surface area contributed by atoms with Crippen LogP contribution in [0.3, 0.4) is 0 Å². The highest BCUT2D eigenvalue weighted by molar-refractivity contribution is 8.00. The number of hydrogen-bond acceptors (Lipinski definition) is 6. The highest BCUT2D eigenvalue weighted by Gasteiger charge is 2.22. The Kier molecular flexibility index (Phi) is 5.42. The lowest BCUT2D eigenvalue weighted by molar-refractivity contribution is -0.120. The molecule has 0 saturated carbocycles. The number of nitrogens with one attached hydrogen (secondary N) is 1. The van der Waals surface area contributed by atoms with E-state index in [0.717, 1.165) is 5.75 Å². The van der Waals surface area contributed by atoms with Gasteiger partial charge in [0.25, 0.3) is 0 Å². The molecule has 126 valence electrons. The fourth-order valence-electron chi connectivity index (χ4n) is 2.12. The molecule has 0 fully saturated rings. The number of nitrogens with zero attached hydrogens (tertiary/aromatic N) is 2. The van der Waals surface area contributed by atoms with Crippen LogP contribution >= 0.6 is 23.4 Å². The van der Waals surface area contributed by atoms with Gasteiger partial charge in [0.15, 0.2) is 16.7 Å². The summed E-state index contributed by atoms with van der Waals surface area (Å²) in [5, 5.41) is 11.2. The summed E-state index contributed by atoms with van der Waals surface area (Å²) in [7, 11) is 0. The number of halogens is 1. The number of aromatic nitrogens is 2. The maximum absolute atomic E-state index is 12.2. The van der Waals surface area contributed by atoms with E-state index in [9.17, 15) is 4.79 Å². The number of carbonyl (C=O) groups excluding carboxylic acids is 1. The summed E-state index contributed by atoms with van der Waals surface area (Å²) in [5.74, 6) is 1.33. The zero-order valence-electron chi connectivity index (χ0n) is 12.9. The standard InChI is InChI=1S/C16H16ClN3O3S/c1-10(24-15-7-6-14(17)19-20-15)16(21)18-8-11-9-22-12-4-2-3-5-13(12)23-11/h2-7,10-11H,8-9H2,1H3,(H,18,21)/t10-,11+/m0/s1. The Labute approximate surface area is 148 Å². The summed E-state index contributed by atoms with van der Waals surface area (Å²) >= 11 is 7.01. The summed E-state index contributed by atoms with van der Waals surface area (Å²) in [5.41, 5.74) is 0. The monoisotopic (exact) mass is 365 g/mol. The van der Waals surface area contributed by atoms with Crippen LogP contribution in [0.25, 0.3) is 0 Å². The van der Waals surface area contributed by atoms with Crippen LogP contribution in [0.1, 0.15) is 6.92 Å². The number of fused-ring (bicyclic) bond motifs is 1. The van der Waals surface area contributed by atoms with Crippen molar-refractivity contribution in [3.05, 3.63) is 41.6 Å². The molecule has 0 bridgehead atoms. The Morgan fingerprint density at radius 3 is 2.88 bits per heavy atom. The van der Waals surface area contributed by atoms with Crippen LogP contribution in [-0.4, -0.2) is 40.6 Å². The van der Waals surface area contributed by atoms with E-state index in [-0.39, 0.29) is 17.3 Å². The molecule has 1 aliphatic rings. The molecule has 2 aromatic rings. The average Bonchev–Trinajstić information content (AvgIpc) is 2.61. The normalized spacial score (nSPS) is 17.2. The number of ether oxygens (including phenoxy) is 2. The quantitative estimate of drug-likeness (QED) is 0.821. The average molecular weight is 366 g/mol. The third kappa shape index (κ3) is 4.30. The second-order valence-electron chi connectivity index (χ2n) is 5.20. The molecule has 1 aromatic carbocycles. The van der Waals surface area contributed by atoms with E-state index in [2.05, 4.69) is 15.5 Å². The Morgan fingerprint density at radius 1 is 1.33 bits per heavy atom. The maximum atomic E-state index is 12.2. The van der Waals surface area contributed by atoms with Crippen LogP contribution in [0.15, 0.2) is 41.4 Å². The summed E-state index contributed by atoms with van der Waals surface area (Å²) in [4.78, 5) is 12.2. The van der Waals surface area contributed by atoms with Crippen LogP contribution in [0, 0.1) is 0 Å². The largest absolute Gasteiger partial charge is 0.486 e. The SMILES string of the molecule is C[C@H](Sc1ccc(Cl)nn1)C(=O)NC[C@@H]1COc2ccccc2O1. The Morgan fingerprint density at radius 2 is 2.12 bits per heavy atom. The summed E-state index contributed by atoms with van der Waals surface area (Å²) in [6.07, 6.45) is -0.212. The van der Waals surface area contributed by atoms with E-state index in [1.54, 1.807) is 12.1 Å². The molecular formula is C16H16ClN3O3S. The second-order valence-corrected chi connectivity index (χ2v) is 6.95. The Balaban J connectivity index is 1.48. The first-order valence-corrected chi connectivity index (χ1v) is 8.69. The molecule has 6 nitrogen and oxygen atoms in total. The van der Waals surface area contributed by atoms with E-state index in [0.29, 0.717) is 29.1 Å². The molecule has 0 radical (unpaired) electrons. The van der Waals surface area contributed by atoms with Crippen molar-refractivity contribution in [1.82, 2.24) is 15.5 Å². The van der Waals surface area contributed by atoms with Gasteiger partial charge in [-0.1, -0.05) is 35.5 Å². The minimum atomic E-state index is -0.308. The lowest BCUT2D eigenvalue weighted by atomic mass is 10.2. The van der Waals surface area contributed by atoms with Crippen molar-refractivity contribution in [3.8, 4) is 11.5 Å². The van der Waals surface area contributed by atoms with Gasteiger partial charge in [-0.05, 0) is 31.2 Å². The van der Waals surface area contributed by atoms with Gasteiger partial charge in [0.2, 0.25) is 5.91 Å². The molecule has 2 heterocycles. The second kappa shape index (κ2) is 7.72. The Hall–Kier alpha value is -1.99. The van der Waals surface area contributed by atoms with E-state index in [1.165, 1.54) is 11.8 Å². The molecule has 1 N–H and O–H groups in total. The maximum Gasteiger partial charge on any atom is 0.233 e. The molecule has 3 rings (SSSR count). The summed E-state index contributed by atoms with van der Waals surface area (Å²) in [6.45, 7) is 2.59. The highest BCUT2D eigenvalue weighted by Crippen LogP contribution is 2.30. The van der Waals surface area contributed by atoms with E-state index >= 15 is 0 Å². The molecule has 0 unspecified atom stereocenters. The molecule has 24 heavy (non-hydrogen) atoms. The van der Waals surface area contributed by atoms with Crippen molar-refractivity contribution in [2.24, 2.45) is 0 Å². The van der Waals surface area contributed by atoms with Crippen LogP contribution in [0.4, 0.5) is 0 Å². The number of carbonyl (C=O) groups is 1. The third-order valence-electron chi connectivity index (χ3n) is 3.35. The van der Waals surface area contributed by atoms with Crippen LogP contribution in [0.2, 0.25) is 5.15 Å². The molecule has 1 aromatic heterocycles. The van der Waals surface area contributed by atoms with Gasteiger partial charge in [-0.3, -0.25) is 4.79 Å². The van der Waals surface area contributed by atoms with Gasteiger partial charge in [0, 0.05) is 0 Å². The summed E-state index contributed by atoms with van der Waals surface area (Å²) in [6, 6.07) is 10.9. The molecule has 0 aliphatic carbocycles. The van der Waals surface area contributed by atoms with Crippen molar-refractivity contribution >= 4 is 29.3 Å². The number of amides is 1. The van der Waals surface area contributed by atoms with E-state index in [4.69, 9.17) is 21.1 Å². The number of hydrogen-bond donors (Lipinski definition) is 1. The number of rotatable bonds is 5. The predicted octanol–water partition coefficient (Wildman–Crippen LogP) is 2.57. The first kappa shape index (κ1) is 16.9. The van der Waals surface area contributed by atoms with Crippen molar-refractivity contribution in [1.29, 1.82) is 0 Å². The highest BCUT2D eigenvalue weighted by atomic mass is 35.5. The molecular weight excluding hydrogens is 350 g/mol. The van der Waals surface area contributed by atoms with E-state index < -0.39 is 0 Å². The van der Waals surface area contributed by atoms with Gasteiger partial charge in [0.05, 0.1) is 11.8 Å². The topological polar surface area (TPSA) is 73.3 Å². The molecule has 1 amide bonds. The van der Waals surface area contributed by atoms with Gasteiger partial charge in [-0.15, -0.1) is 10.2 Å². The van der Waals surface area contributed by atoms with Crippen LogP contribution < -0.4 is 14.8 Å². The zero-order valence-corrected chi connectivity index (χ0v) is 14.5. The first-order valence-electron chi connectivity index (χ1n) is 7.44. The van der Waals surface area contributed by atoms with Gasteiger partial charge >= 0.3 is 0 Å². The van der Waals surface area contributed by atoms with Crippen molar-refractivity contribution < 1.29 is 14.3 Å². The predicted molar refractivity (Wildman–Crippen MR) is 91.7 cm³/mol. The zero-order chi connectivity index (χ0) is 16.9. The van der Waals surface area contributed by atoms with Gasteiger partial charge in [0.1, 0.15) is 17.7 Å². The number of thioether (sulfide) groups is 1. The lowest BCUT2D eigenvalue weighted by Gasteiger charge is -2.26. The molecule has 1 aliphatic heterocycles. The Bertz CT molecular complexity index is 714. The van der Waals surface area contributed by atoms with Crippen molar-refractivity contribution in [2.75, 3.05) is 13.2 Å². The van der Waals surface area contributed by atoms with Crippen molar-refractivity contribution in [3.63, 3.8) is 0 Å².